The molecule has 1 aromatic heterocycles. The fraction of sp³-hybridized carbons (Fsp3) is 0.500. The summed E-state index contributed by atoms with van der Waals surface area (Å²) in [6, 6.07) is 6.32. The van der Waals surface area contributed by atoms with Crippen LogP contribution in [0.4, 0.5) is 11.5 Å². The van der Waals surface area contributed by atoms with Crippen LogP contribution in [0, 0.1) is 6.92 Å². The maximum Gasteiger partial charge on any atom is 0.162 e. The van der Waals surface area contributed by atoms with Crippen molar-refractivity contribution in [3.8, 4) is 11.5 Å². The zero-order valence-corrected chi connectivity index (χ0v) is 16.1. The van der Waals surface area contributed by atoms with E-state index in [-0.39, 0.29) is 0 Å². The molecule has 1 aromatic carbocycles. The van der Waals surface area contributed by atoms with Gasteiger partial charge >= 0.3 is 0 Å². The standard InChI is InChI=1S/C20H28N4O2/c1-5-15-12-21-14(2)22-20(15)24-10-6-7-17(13-24)23-16-8-9-18(25-3)19(11-16)26-4/h8-9,11-12,17,23H,5-7,10,13H2,1-4H3. The lowest BCUT2D eigenvalue weighted by Gasteiger charge is -2.35. The molecular formula is C20H28N4O2. The molecule has 1 aliphatic rings. The molecule has 6 nitrogen and oxygen atoms in total. The van der Waals surface area contributed by atoms with Gasteiger partial charge in [0, 0.05) is 42.6 Å². The van der Waals surface area contributed by atoms with Crippen LogP contribution in [0.2, 0.25) is 0 Å². The Kier molecular flexibility index (Phi) is 5.81. The molecule has 0 radical (unpaired) electrons. The van der Waals surface area contributed by atoms with Gasteiger partial charge in [-0.3, -0.25) is 0 Å². The smallest absolute Gasteiger partial charge is 0.162 e. The number of anilines is 2. The van der Waals surface area contributed by atoms with Crippen LogP contribution in [0.25, 0.3) is 0 Å². The van der Waals surface area contributed by atoms with Crippen LogP contribution in [0.5, 0.6) is 11.5 Å². The summed E-state index contributed by atoms with van der Waals surface area (Å²) < 4.78 is 10.7. The summed E-state index contributed by atoms with van der Waals surface area (Å²) in [6.07, 6.45) is 5.18. The van der Waals surface area contributed by atoms with E-state index in [0.717, 1.165) is 61.2 Å². The van der Waals surface area contributed by atoms with E-state index in [1.54, 1.807) is 14.2 Å². The lowest BCUT2D eigenvalue weighted by Crippen LogP contribution is -2.43. The Morgan fingerprint density at radius 1 is 1.23 bits per heavy atom. The van der Waals surface area contributed by atoms with Gasteiger partial charge in [-0.2, -0.15) is 0 Å². The summed E-state index contributed by atoms with van der Waals surface area (Å²) in [5.41, 5.74) is 2.26. The molecule has 1 aliphatic heterocycles. The van der Waals surface area contributed by atoms with E-state index in [4.69, 9.17) is 14.5 Å². The number of hydrogen-bond donors (Lipinski definition) is 1. The van der Waals surface area contributed by atoms with Crippen molar-refractivity contribution in [1.82, 2.24) is 9.97 Å². The number of nitrogens with zero attached hydrogens (tertiary/aromatic N) is 3. The van der Waals surface area contributed by atoms with E-state index in [1.165, 1.54) is 5.56 Å². The normalized spacial score (nSPS) is 17.1. The van der Waals surface area contributed by atoms with Crippen molar-refractivity contribution in [3.63, 3.8) is 0 Å². The Balaban J connectivity index is 1.74. The van der Waals surface area contributed by atoms with E-state index >= 15 is 0 Å². The first-order chi connectivity index (χ1) is 12.6. The van der Waals surface area contributed by atoms with Crippen molar-refractivity contribution in [1.29, 1.82) is 0 Å². The fourth-order valence-corrected chi connectivity index (χ4v) is 3.46. The van der Waals surface area contributed by atoms with Crippen molar-refractivity contribution >= 4 is 11.5 Å². The summed E-state index contributed by atoms with van der Waals surface area (Å²) in [6.45, 7) is 6.07. The van der Waals surface area contributed by atoms with Gasteiger partial charge in [-0.05, 0) is 38.3 Å². The molecule has 26 heavy (non-hydrogen) atoms. The Morgan fingerprint density at radius 3 is 2.77 bits per heavy atom. The van der Waals surface area contributed by atoms with Crippen LogP contribution in [0.3, 0.4) is 0 Å². The van der Waals surface area contributed by atoms with Gasteiger partial charge < -0.3 is 19.7 Å². The quantitative estimate of drug-likeness (QED) is 0.855. The Hall–Kier alpha value is -2.50. The maximum absolute atomic E-state index is 5.41. The summed E-state index contributed by atoms with van der Waals surface area (Å²) >= 11 is 0. The highest BCUT2D eigenvalue weighted by atomic mass is 16.5. The second-order valence-electron chi connectivity index (χ2n) is 6.62. The maximum atomic E-state index is 5.41. The van der Waals surface area contributed by atoms with Crippen molar-refractivity contribution in [2.45, 2.75) is 39.2 Å². The highest BCUT2D eigenvalue weighted by Crippen LogP contribution is 2.31. The molecule has 0 spiro atoms. The largest absolute Gasteiger partial charge is 0.493 e. The molecule has 1 unspecified atom stereocenters. The van der Waals surface area contributed by atoms with Crippen LogP contribution >= 0.6 is 0 Å². The van der Waals surface area contributed by atoms with Gasteiger partial charge in [0.05, 0.1) is 14.2 Å². The molecule has 6 heteroatoms. The molecule has 1 fully saturated rings. The number of hydrogen-bond acceptors (Lipinski definition) is 6. The summed E-state index contributed by atoms with van der Waals surface area (Å²) in [7, 11) is 3.31. The third-order valence-corrected chi connectivity index (χ3v) is 4.82. The molecule has 0 bridgehead atoms. The van der Waals surface area contributed by atoms with E-state index < -0.39 is 0 Å². The first-order valence-corrected chi connectivity index (χ1v) is 9.20. The topological polar surface area (TPSA) is 59.5 Å². The predicted molar refractivity (Wildman–Crippen MR) is 105 cm³/mol. The summed E-state index contributed by atoms with van der Waals surface area (Å²) in [4.78, 5) is 11.4. The van der Waals surface area contributed by atoms with E-state index in [2.05, 4.69) is 22.1 Å². The first-order valence-electron chi connectivity index (χ1n) is 9.20. The molecule has 0 aliphatic carbocycles. The van der Waals surface area contributed by atoms with Crippen LogP contribution in [0.15, 0.2) is 24.4 Å². The highest BCUT2D eigenvalue weighted by Gasteiger charge is 2.23. The average molecular weight is 356 g/mol. The minimum absolute atomic E-state index is 0.363. The number of piperidine rings is 1. The fourth-order valence-electron chi connectivity index (χ4n) is 3.46. The summed E-state index contributed by atoms with van der Waals surface area (Å²) in [5.74, 6) is 3.39. The molecule has 0 amide bonds. The zero-order valence-electron chi connectivity index (χ0n) is 16.1. The van der Waals surface area contributed by atoms with Gasteiger partial charge in [-0.25, -0.2) is 9.97 Å². The third kappa shape index (κ3) is 4.00. The van der Waals surface area contributed by atoms with Crippen molar-refractivity contribution < 1.29 is 9.47 Å². The Labute approximate surface area is 155 Å². The number of methoxy groups -OCH3 is 2. The van der Waals surface area contributed by atoms with Crippen molar-refractivity contribution in [3.05, 3.63) is 35.8 Å². The second kappa shape index (κ2) is 8.25. The number of ether oxygens (including phenoxy) is 2. The molecule has 0 saturated carbocycles. The van der Waals surface area contributed by atoms with Gasteiger partial charge in [0.2, 0.25) is 0 Å². The number of aromatic nitrogens is 2. The highest BCUT2D eigenvalue weighted by molar-refractivity contribution is 5.56. The minimum Gasteiger partial charge on any atom is -0.493 e. The van der Waals surface area contributed by atoms with Crippen LogP contribution in [-0.4, -0.2) is 43.3 Å². The van der Waals surface area contributed by atoms with Crippen molar-refractivity contribution in [2.75, 3.05) is 37.5 Å². The van der Waals surface area contributed by atoms with E-state index in [1.807, 2.05) is 31.3 Å². The molecule has 3 rings (SSSR count). The number of nitrogens with one attached hydrogen (secondary N) is 1. The van der Waals surface area contributed by atoms with E-state index in [0.29, 0.717) is 6.04 Å². The van der Waals surface area contributed by atoms with Crippen molar-refractivity contribution in [2.24, 2.45) is 0 Å². The predicted octanol–water partition coefficient (Wildman–Crippen LogP) is 3.45. The third-order valence-electron chi connectivity index (χ3n) is 4.82. The monoisotopic (exact) mass is 356 g/mol. The number of benzene rings is 1. The van der Waals surface area contributed by atoms with Gasteiger partial charge in [-0.15, -0.1) is 0 Å². The minimum atomic E-state index is 0.363. The zero-order chi connectivity index (χ0) is 18.5. The molecule has 1 saturated heterocycles. The first kappa shape index (κ1) is 18.3. The lowest BCUT2D eigenvalue weighted by molar-refractivity contribution is 0.355. The lowest BCUT2D eigenvalue weighted by atomic mass is 10.0. The van der Waals surface area contributed by atoms with Gasteiger partial charge in [0.25, 0.3) is 0 Å². The van der Waals surface area contributed by atoms with E-state index in [9.17, 15) is 0 Å². The van der Waals surface area contributed by atoms with Crippen LogP contribution in [0.1, 0.15) is 31.2 Å². The molecular weight excluding hydrogens is 328 g/mol. The summed E-state index contributed by atoms with van der Waals surface area (Å²) in [5, 5.41) is 3.64. The van der Waals surface area contributed by atoms with Gasteiger partial charge in [-0.1, -0.05) is 6.92 Å². The molecule has 2 heterocycles. The Morgan fingerprint density at radius 2 is 2.04 bits per heavy atom. The van der Waals surface area contributed by atoms with Gasteiger partial charge in [0.1, 0.15) is 11.6 Å². The Bertz CT molecular complexity index is 751. The SMILES string of the molecule is CCc1cnc(C)nc1N1CCCC(Nc2ccc(OC)c(OC)c2)C1. The van der Waals surface area contributed by atoms with Gasteiger partial charge in [0.15, 0.2) is 11.5 Å². The molecule has 1 atom stereocenters. The van der Waals surface area contributed by atoms with Crippen LogP contribution in [-0.2, 0) is 6.42 Å². The number of aryl methyl sites for hydroxylation is 2. The molecule has 140 valence electrons. The second-order valence-corrected chi connectivity index (χ2v) is 6.62. The molecule has 1 N–H and O–H groups in total. The molecule has 2 aromatic rings. The average Bonchev–Trinajstić information content (AvgIpc) is 2.68. The number of rotatable bonds is 6. The van der Waals surface area contributed by atoms with Crippen LogP contribution < -0.4 is 19.7 Å².